The van der Waals surface area contributed by atoms with Crippen molar-refractivity contribution < 1.29 is 0 Å². The summed E-state index contributed by atoms with van der Waals surface area (Å²) in [6.07, 6.45) is 8.10. The smallest absolute Gasteiger partial charge is 0.0804 e. The number of hydrogen-bond acceptors (Lipinski definition) is 2. The molecule has 3 heteroatoms. The zero-order valence-corrected chi connectivity index (χ0v) is 10.1. The van der Waals surface area contributed by atoms with Gasteiger partial charge in [-0.25, -0.2) is 0 Å². The van der Waals surface area contributed by atoms with E-state index in [9.17, 15) is 0 Å². The average Bonchev–Trinajstić information content (AvgIpc) is 2.69. The van der Waals surface area contributed by atoms with E-state index in [0.29, 0.717) is 0 Å². The molecule has 0 saturated carbocycles. The fourth-order valence-corrected chi connectivity index (χ4v) is 3.43. The van der Waals surface area contributed by atoms with Crippen molar-refractivity contribution in [3.63, 3.8) is 0 Å². The van der Waals surface area contributed by atoms with Crippen LogP contribution in [0.15, 0.2) is 48.7 Å². The van der Waals surface area contributed by atoms with Crippen LogP contribution in [0.1, 0.15) is 10.9 Å². The molecule has 80 valence electrons. The minimum atomic E-state index is 0.204. The first-order valence-corrected chi connectivity index (χ1v) is 6.32. The van der Waals surface area contributed by atoms with Gasteiger partial charge in [0.2, 0.25) is 0 Å². The van der Waals surface area contributed by atoms with Crippen LogP contribution in [0.2, 0.25) is 5.02 Å². The summed E-state index contributed by atoms with van der Waals surface area (Å²) >= 11 is 8.15. The van der Waals surface area contributed by atoms with Crippen molar-refractivity contribution in [1.29, 1.82) is 0 Å². The number of rotatable bonds is 1. The van der Waals surface area contributed by atoms with Crippen LogP contribution < -0.4 is 5.32 Å². The highest BCUT2D eigenvalue weighted by atomic mass is 35.5. The van der Waals surface area contributed by atoms with Gasteiger partial charge in [0.1, 0.15) is 0 Å². The lowest BCUT2D eigenvalue weighted by Gasteiger charge is -2.14. The average molecular weight is 248 g/mol. The van der Waals surface area contributed by atoms with E-state index in [-0.39, 0.29) is 6.04 Å². The molecular formula is C13H10ClNS. The summed E-state index contributed by atoms with van der Waals surface area (Å²) in [6.45, 7) is 0. The van der Waals surface area contributed by atoms with Gasteiger partial charge < -0.3 is 5.32 Å². The van der Waals surface area contributed by atoms with Crippen molar-refractivity contribution in [3.05, 3.63) is 58.6 Å². The highest BCUT2D eigenvalue weighted by Gasteiger charge is 2.16. The van der Waals surface area contributed by atoms with E-state index >= 15 is 0 Å². The molecule has 1 nitrogen and oxygen atoms in total. The number of benzene rings is 1. The van der Waals surface area contributed by atoms with E-state index in [2.05, 4.69) is 23.5 Å². The van der Waals surface area contributed by atoms with E-state index in [1.165, 1.54) is 9.58 Å². The quantitative estimate of drug-likeness (QED) is 0.794. The molecule has 1 aliphatic rings. The van der Waals surface area contributed by atoms with Gasteiger partial charge in [0.15, 0.2) is 0 Å². The highest BCUT2D eigenvalue weighted by Crippen LogP contribution is 2.39. The predicted octanol–water partition coefficient (Wildman–Crippen LogP) is 4.27. The Bertz CT molecular complexity index is 583. The Kier molecular flexibility index (Phi) is 2.46. The highest BCUT2D eigenvalue weighted by molar-refractivity contribution is 7.19. The Morgan fingerprint density at radius 3 is 2.81 bits per heavy atom. The summed E-state index contributed by atoms with van der Waals surface area (Å²) in [5.41, 5.74) is 0. The second-order valence-electron chi connectivity index (χ2n) is 3.66. The summed E-state index contributed by atoms with van der Waals surface area (Å²) in [4.78, 5) is 1.18. The molecule has 3 rings (SSSR count). The minimum absolute atomic E-state index is 0.204. The summed E-state index contributed by atoms with van der Waals surface area (Å²) in [5, 5.41) is 5.32. The minimum Gasteiger partial charge on any atom is -0.380 e. The molecule has 0 amide bonds. The third kappa shape index (κ3) is 1.55. The largest absolute Gasteiger partial charge is 0.380 e. The van der Waals surface area contributed by atoms with E-state index < -0.39 is 0 Å². The van der Waals surface area contributed by atoms with Crippen LogP contribution in [-0.2, 0) is 0 Å². The van der Waals surface area contributed by atoms with Crippen molar-refractivity contribution in [2.45, 2.75) is 6.04 Å². The molecule has 2 aromatic rings. The summed E-state index contributed by atoms with van der Waals surface area (Å²) in [5.74, 6) is 0. The Morgan fingerprint density at radius 2 is 2.06 bits per heavy atom. The van der Waals surface area contributed by atoms with Crippen LogP contribution >= 0.6 is 22.9 Å². The van der Waals surface area contributed by atoms with Crippen LogP contribution in [-0.4, -0.2) is 0 Å². The van der Waals surface area contributed by atoms with Crippen LogP contribution in [0.3, 0.4) is 0 Å². The molecule has 0 fully saturated rings. The van der Waals surface area contributed by atoms with E-state index in [0.717, 1.165) is 10.4 Å². The first-order chi connectivity index (χ1) is 7.86. The molecule has 2 heterocycles. The first-order valence-electron chi connectivity index (χ1n) is 5.12. The normalized spacial score (nSPS) is 18.9. The molecular weight excluding hydrogens is 238 g/mol. The molecule has 1 unspecified atom stereocenters. The van der Waals surface area contributed by atoms with Gasteiger partial charge in [-0.05, 0) is 18.3 Å². The van der Waals surface area contributed by atoms with E-state index in [1.807, 2.05) is 30.5 Å². The molecule has 0 saturated heterocycles. The van der Waals surface area contributed by atoms with Gasteiger partial charge in [0.25, 0.3) is 0 Å². The van der Waals surface area contributed by atoms with E-state index in [4.69, 9.17) is 11.6 Å². The number of allylic oxidation sites excluding steroid dienone is 2. The Morgan fingerprint density at radius 1 is 1.19 bits per heavy atom. The molecule has 1 aromatic carbocycles. The maximum absolute atomic E-state index is 6.40. The number of nitrogens with one attached hydrogen (secondary N) is 1. The fraction of sp³-hybridized carbons (Fsp3) is 0.0769. The molecule has 0 radical (unpaired) electrons. The Balaban J connectivity index is 2.13. The molecule has 1 aliphatic heterocycles. The van der Waals surface area contributed by atoms with Gasteiger partial charge >= 0.3 is 0 Å². The van der Waals surface area contributed by atoms with Crippen LogP contribution in [0.5, 0.6) is 0 Å². The first kappa shape index (κ1) is 9.94. The lowest BCUT2D eigenvalue weighted by Crippen LogP contribution is -2.13. The van der Waals surface area contributed by atoms with Crippen molar-refractivity contribution in [2.75, 3.05) is 0 Å². The van der Waals surface area contributed by atoms with Gasteiger partial charge in [0, 0.05) is 10.1 Å². The zero-order valence-electron chi connectivity index (χ0n) is 8.48. The maximum atomic E-state index is 6.40. The van der Waals surface area contributed by atoms with E-state index in [1.54, 1.807) is 11.3 Å². The second-order valence-corrected chi connectivity index (χ2v) is 5.13. The molecule has 1 atom stereocenters. The van der Waals surface area contributed by atoms with Gasteiger partial charge in [-0.3, -0.25) is 0 Å². The number of halogens is 1. The molecule has 0 spiro atoms. The Hall–Kier alpha value is -1.25. The third-order valence-electron chi connectivity index (χ3n) is 2.63. The van der Waals surface area contributed by atoms with Crippen molar-refractivity contribution in [1.82, 2.24) is 5.32 Å². The number of fused-ring (bicyclic) bond motifs is 1. The molecule has 0 bridgehead atoms. The number of thiophene rings is 1. The van der Waals surface area contributed by atoms with Crippen LogP contribution in [0.25, 0.3) is 10.1 Å². The lowest BCUT2D eigenvalue weighted by molar-refractivity contribution is 0.761. The fourth-order valence-electron chi connectivity index (χ4n) is 1.84. The van der Waals surface area contributed by atoms with Gasteiger partial charge in [-0.1, -0.05) is 42.0 Å². The summed E-state index contributed by atoms with van der Waals surface area (Å²) in [6, 6.07) is 8.45. The van der Waals surface area contributed by atoms with Crippen LogP contribution in [0.4, 0.5) is 0 Å². The van der Waals surface area contributed by atoms with Crippen LogP contribution in [0, 0.1) is 0 Å². The zero-order chi connectivity index (χ0) is 11.0. The monoisotopic (exact) mass is 247 g/mol. The van der Waals surface area contributed by atoms with Gasteiger partial charge in [-0.15, -0.1) is 11.3 Å². The molecule has 1 N–H and O–H groups in total. The topological polar surface area (TPSA) is 12.0 Å². The van der Waals surface area contributed by atoms with Gasteiger partial charge in [-0.2, -0.15) is 0 Å². The van der Waals surface area contributed by atoms with Crippen molar-refractivity contribution >= 4 is 33.0 Å². The second kappa shape index (κ2) is 3.96. The molecule has 1 aromatic heterocycles. The molecule has 0 aliphatic carbocycles. The SMILES string of the molecule is Clc1c(C2C=CC=CN2)sc2ccccc12. The summed E-state index contributed by atoms with van der Waals surface area (Å²) < 4.78 is 1.24. The number of hydrogen-bond donors (Lipinski definition) is 1. The van der Waals surface area contributed by atoms with Crippen molar-refractivity contribution in [2.24, 2.45) is 0 Å². The van der Waals surface area contributed by atoms with Crippen molar-refractivity contribution in [3.8, 4) is 0 Å². The predicted molar refractivity (Wildman–Crippen MR) is 71.0 cm³/mol. The number of dihydropyridines is 1. The van der Waals surface area contributed by atoms with Gasteiger partial charge in [0.05, 0.1) is 15.9 Å². The maximum Gasteiger partial charge on any atom is 0.0804 e. The lowest BCUT2D eigenvalue weighted by atomic mass is 10.1. The summed E-state index contributed by atoms with van der Waals surface area (Å²) in [7, 11) is 0. The Labute approximate surface area is 103 Å². The standard InChI is InChI=1S/C13H10ClNS/c14-12-9-5-1-2-7-11(9)16-13(12)10-6-3-4-8-15-10/h1-8,10,15H. The molecule has 16 heavy (non-hydrogen) atoms. The third-order valence-corrected chi connectivity index (χ3v) is 4.40.